The molecule has 1 amide bonds. The van der Waals surface area contributed by atoms with Crippen LogP contribution in [0.5, 0.6) is 0 Å². The lowest BCUT2D eigenvalue weighted by Gasteiger charge is -2.38. The minimum absolute atomic E-state index is 0.0500. The molecular formula is C27H41BrN2O4. The second-order valence-corrected chi connectivity index (χ2v) is 10.9. The fraction of sp³-hybridized carbons (Fsp3) is 0.667. The number of nitrogens with one attached hydrogen (secondary N) is 1. The van der Waals surface area contributed by atoms with Crippen LogP contribution in [0.15, 0.2) is 30.3 Å². The van der Waals surface area contributed by atoms with Gasteiger partial charge in [0.25, 0.3) is 0 Å². The molecule has 7 heteroatoms. The van der Waals surface area contributed by atoms with Crippen LogP contribution in [0.2, 0.25) is 0 Å². The summed E-state index contributed by atoms with van der Waals surface area (Å²) in [5, 5.41) is 3.37. The first-order valence-electron chi connectivity index (χ1n) is 12.4. The third-order valence-corrected chi connectivity index (χ3v) is 7.20. The zero-order valence-corrected chi connectivity index (χ0v) is 23.1. The van der Waals surface area contributed by atoms with Gasteiger partial charge in [-0.15, -0.1) is 0 Å². The number of nitrogens with zero attached hydrogens (tertiary/aromatic N) is 1. The van der Waals surface area contributed by atoms with Crippen molar-refractivity contribution in [1.82, 2.24) is 10.2 Å². The van der Waals surface area contributed by atoms with E-state index < -0.39 is 11.6 Å². The van der Waals surface area contributed by atoms with E-state index in [1.165, 1.54) is 6.92 Å². The summed E-state index contributed by atoms with van der Waals surface area (Å²) in [5.74, 6) is -0.361. The fourth-order valence-electron chi connectivity index (χ4n) is 5.02. The number of ketones is 1. The summed E-state index contributed by atoms with van der Waals surface area (Å²) < 4.78 is 5.79. The van der Waals surface area contributed by atoms with E-state index in [1.54, 1.807) is 0 Å². The Morgan fingerprint density at radius 1 is 1.15 bits per heavy atom. The van der Waals surface area contributed by atoms with Crippen LogP contribution in [-0.4, -0.2) is 51.6 Å². The topological polar surface area (TPSA) is 75.7 Å². The number of Topliss-reactive ketones (excluding diaryl/α,β-unsaturated/α-hetero) is 1. The molecule has 4 atom stereocenters. The van der Waals surface area contributed by atoms with Crippen LogP contribution in [0.4, 0.5) is 0 Å². The number of rotatable bonds is 11. The number of esters is 1. The summed E-state index contributed by atoms with van der Waals surface area (Å²) in [6.07, 6.45) is 3.13. The molecule has 1 aromatic carbocycles. The predicted molar refractivity (Wildman–Crippen MR) is 139 cm³/mol. The molecule has 0 radical (unpaired) electrons. The summed E-state index contributed by atoms with van der Waals surface area (Å²) in [5.41, 5.74) is 0.423. The summed E-state index contributed by atoms with van der Waals surface area (Å²) in [4.78, 5) is 40.9. The van der Waals surface area contributed by atoms with Gasteiger partial charge in [0.2, 0.25) is 5.91 Å². The van der Waals surface area contributed by atoms with Crippen molar-refractivity contribution in [3.05, 3.63) is 35.9 Å². The molecule has 0 bridgehead atoms. The van der Waals surface area contributed by atoms with E-state index >= 15 is 0 Å². The van der Waals surface area contributed by atoms with Gasteiger partial charge < -0.3 is 10.1 Å². The Morgan fingerprint density at radius 3 is 2.26 bits per heavy atom. The van der Waals surface area contributed by atoms with Crippen molar-refractivity contribution in [3.63, 3.8) is 0 Å². The molecule has 1 fully saturated rings. The first-order chi connectivity index (χ1) is 16.0. The maximum atomic E-state index is 13.4. The van der Waals surface area contributed by atoms with Gasteiger partial charge in [0, 0.05) is 31.5 Å². The molecule has 0 unspecified atom stereocenters. The molecule has 6 nitrogen and oxygen atoms in total. The van der Waals surface area contributed by atoms with Gasteiger partial charge in [-0.1, -0.05) is 73.0 Å². The first-order valence-corrected chi connectivity index (χ1v) is 13.5. The van der Waals surface area contributed by atoms with Crippen molar-refractivity contribution in [2.75, 3.05) is 5.33 Å². The van der Waals surface area contributed by atoms with Gasteiger partial charge in [0.15, 0.2) is 0 Å². The third kappa shape index (κ3) is 7.91. The molecule has 34 heavy (non-hydrogen) atoms. The van der Waals surface area contributed by atoms with Crippen molar-refractivity contribution >= 4 is 33.6 Å². The van der Waals surface area contributed by atoms with Crippen LogP contribution in [0, 0.1) is 11.8 Å². The summed E-state index contributed by atoms with van der Waals surface area (Å²) in [7, 11) is 0. The summed E-state index contributed by atoms with van der Waals surface area (Å²) >= 11 is 3.35. The van der Waals surface area contributed by atoms with Gasteiger partial charge in [-0.25, -0.2) is 0 Å². The third-order valence-electron chi connectivity index (χ3n) is 6.65. The lowest BCUT2D eigenvalue weighted by atomic mass is 9.84. The molecule has 0 saturated carbocycles. The van der Waals surface area contributed by atoms with E-state index in [2.05, 4.69) is 40.0 Å². The molecule has 1 heterocycles. The minimum atomic E-state index is -0.630. The van der Waals surface area contributed by atoms with Crippen LogP contribution in [0.1, 0.15) is 72.8 Å². The molecule has 0 spiro atoms. The molecule has 0 aliphatic carbocycles. The lowest BCUT2D eigenvalue weighted by Crippen LogP contribution is -2.55. The number of likely N-dealkylation sites (tertiary alicyclic amines) is 1. The minimum Gasteiger partial charge on any atom is -0.459 e. The van der Waals surface area contributed by atoms with Gasteiger partial charge in [-0.2, -0.15) is 0 Å². The van der Waals surface area contributed by atoms with Crippen LogP contribution >= 0.6 is 15.9 Å². The SMILES string of the molecule is CCC(CC)C[C@H](NC(C)=O)[C@H]1[C@H](C(=O)CBr)C[C@H](C(=O)OC(C)(C)C)N1Cc1ccccc1. The van der Waals surface area contributed by atoms with Crippen molar-refractivity contribution < 1.29 is 19.1 Å². The van der Waals surface area contributed by atoms with Crippen LogP contribution < -0.4 is 5.32 Å². The van der Waals surface area contributed by atoms with Gasteiger partial charge in [0.05, 0.1) is 5.33 Å². The number of amides is 1. The van der Waals surface area contributed by atoms with Crippen LogP contribution in [-0.2, 0) is 25.7 Å². The molecule has 1 aromatic rings. The van der Waals surface area contributed by atoms with E-state index in [1.807, 2.05) is 51.1 Å². The highest BCUT2D eigenvalue weighted by Gasteiger charge is 2.51. The molecule has 1 saturated heterocycles. The number of carbonyl (C=O) groups excluding carboxylic acids is 3. The number of hydrogen-bond donors (Lipinski definition) is 1. The van der Waals surface area contributed by atoms with E-state index in [4.69, 9.17) is 4.74 Å². The highest BCUT2D eigenvalue weighted by atomic mass is 79.9. The monoisotopic (exact) mass is 536 g/mol. The predicted octanol–water partition coefficient (Wildman–Crippen LogP) is 4.88. The number of ether oxygens (including phenoxy) is 1. The number of benzene rings is 1. The zero-order chi connectivity index (χ0) is 25.5. The molecule has 2 rings (SSSR count). The maximum Gasteiger partial charge on any atom is 0.323 e. The largest absolute Gasteiger partial charge is 0.459 e. The van der Waals surface area contributed by atoms with E-state index in [0.29, 0.717) is 18.9 Å². The maximum absolute atomic E-state index is 13.4. The number of carbonyl (C=O) groups is 3. The van der Waals surface area contributed by atoms with E-state index in [0.717, 1.165) is 24.8 Å². The number of halogens is 1. The molecule has 1 aliphatic heterocycles. The summed E-state index contributed by atoms with van der Waals surface area (Å²) in [6.45, 7) is 11.9. The highest BCUT2D eigenvalue weighted by Crippen LogP contribution is 2.38. The van der Waals surface area contributed by atoms with Crippen molar-refractivity contribution in [1.29, 1.82) is 0 Å². The average Bonchev–Trinajstić information content (AvgIpc) is 3.14. The molecule has 190 valence electrons. The quantitative estimate of drug-likeness (QED) is 0.322. The van der Waals surface area contributed by atoms with Gasteiger partial charge >= 0.3 is 5.97 Å². The van der Waals surface area contributed by atoms with Crippen molar-refractivity contribution in [2.24, 2.45) is 11.8 Å². The van der Waals surface area contributed by atoms with Crippen molar-refractivity contribution in [3.8, 4) is 0 Å². The van der Waals surface area contributed by atoms with Gasteiger partial charge in [-0.05, 0) is 45.1 Å². The Balaban J connectivity index is 2.55. The fourth-order valence-corrected chi connectivity index (χ4v) is 5.44. The smallest absolute Gasteiger partial charge is 0.323 e. The Bertz CT molecular complexity index is 820. The van der Waals surface area contributed by atoms with E-state index in [-0.39, 0.29) is 41.0 Å². The average molecular weight is 538 g/mol. The van der Waals surface area contributed by atoms with E-state index in [9.17, 15) is 14.4 Å². The summed E-state index contributed by atoms with van der Waals surface area (Å²) in [6, 6.07) is 8.85. The Morgan fingerprint density at radius 2 is 1.76 bits per heavy atom. The zero-order valence-electron chi connectivity index (χ0n) is 21.5. The second kappa shape index (κ2) is 12.8. The number of alkyl halides is 1. The Kier molecular flexibility index (Phi) is 10.8. The second-order valence-electron chi connectivity index (χ2n) is 10.4. The Labute approximate surface area is 213 Å². The highest BCUT2D eigenvalue weighted by molar-refractivity contribution is 9.09. The lowest BCUT2D eigenvalue weighted by molar-refractivity contribution is -0.161. The number of hydrogen-bond acceptors (Lipinski definition) is 5. The van der Waals surface area contributed by atoms with Crippen LogP contribution in [0.3, 0.4) is 0 Å². The molecular weight excluding hydrogens is 496 g/mol. The van der Waals surface area contributed by atoms with Gasteiger partial charge in [-0.3, -0.25) is 19.3 Å². The molecule has 0 aromatic heterocycles. The van der Waals surface area contributed by atoms with Gasteiger partial charge in [0.1, 0.15) is 17.4 Å². The molecule has 1 aliphatic rings. The standard InChI is InChI=1S/C27H41BrN2O4/c1-7-19(8-2)14-22(29-18(3)31)25-21(24(32)16-28)15-23(26(33)34-27(4,5)6)30(25)17-20-12-10-9-11-13-20/h9-13,19,21-23,25H,7-8,14-17H2,1-6H3,(H,29,31)/t21-,22-,23+,25+/m0/s1. The normalized spacial score (nSPS) is 21.9. The first kappa shape index (κ1) is 28.5. The van der Waals surface area contributed by atoms with Crippen LogP contribution in [0.25, 0.3) is 0 Å². The Hall–Kier alpha value is -1.73. The molecule has 1 N–H and O–H groups in total. The van der Waals surface area contributed by atoms with Crippen molar-refractivity contribution in [2.45, 2.75) is 97.5 Å².